The second-order valence-electron chi connectivity index (χ2n) is 10.4. The first-order chi connectivity index (χ1) is 19.2. The van der Waals surface area contributed by atoms with Crippen LogP contribution in [0.4, 0.5) is 0 Å². The van der Waals surface area contributed by atoms with E-state index in [2.05, 4.69) is 21.0 Å². The Balaban J connectivity index is 1.50. The van der Waals surface area contributed by atoms with E-state index in [0.29, 0.717) is 46.0 Å². The van der Waals surface area contributed by atoms with Crippen LogP contribution < -0.4 is 5.56 Å². The van der Waals surface area contributed by atoms with Gasteiger partial charge in [0.05, 0.1) is 36.1 Å². The number of pyridine rings is 1. The van der Waals surface area contributed by atoms with Crippen LogP contribution in [0.3, 0.4) is 0 Å². The highest BCUT2D eigenvalue weighted by Gasteiger charge is 2.32. The molecule has 1 amide bonds. The van der Waals surface area contributed by atoms with Crippen molar-refractivity contribution < 1.29 is 4.79 Å². The van der Waals surface area contributed by atoms with Crippen LogP contribution in [0.5, 0.6) is 0 Å². The minimum Gasteiger partial charge on any atom is -0.330 e. The molecule has 10 nitrogen and oxygen atoms in total. The number of hydrogen-bond acceptors (Lipinski definition) is 6. The van der Waals surface area contributed by atoms with Gasteiger partial charge in [0.2, 0.25) is 5.95 Å². The molecule has 200 valence electrons. The second-order valence-corrected chi connectivity index (χ2v) is 10.4. The smallest absolute Gasteiger partial charge is 0.263 e. The molecule has 40 heavy (non-hydrogen) atoms. The number of terminal acetylenes is 1. The van der Waals surface area contributed by atoms with Crippen LogP contribution in [-0.2, 0) is 20.0 Å². The largest absolute Gasteiger partial charge is 0.330 e. The molecule has 5 heterocycles. The molecule has 0 radical (unpaired) electrons. The van der Waals surface area contributed by atoms with E-state index in [1.54, 1.807) is 38.8 Å². The fraction of sp³-hybridized carbons (Fsp3) is 0.267. The topological polar surface area (TPSA) is 104 Å². The molecule has 1 aliphatic heterocycles. The van der Waals surface area contributed by atoms with Crippen molar-refractivity contribution >= 4 is 17.1 Å². The maximum atomic E-state index is 14.2. The molecule has 10 heteroatoms. The summed E-state index contributed by atoms with van der Waals surface area (Å²) < 4.78 is 5.03. The third kappa shape index (κ3) is 3.98. The number of hydrogen-bond donors (Lipinski definition) is 0. The lowest BCUT2D eigenvalue weighted by atomic mass is 9.97. The van der Waals surface area contributed by atoms with Crippen LogP contribution in [0.2, 0.25) is 0 Å². The summed E-state index contributed by atoms with van der Waals surface area (Å²) in [5, 5.41) is 4.62. The van der Waals surface area contributed by atoms with E-state index >= 15 is 0 Å². The molecule has 0 saturated heterocycles. The van der Waals surface area contributed by atoms with Crippen LogP contribution in [0, 0.1) is 33.1 Å². The second kappa shape index (κ2) is 9.31. The third-order valence-electron chi connectivity index (χ3n) is 7.48. The first-order valence-corrected chi connectivity index (χ1v) is 13.0. The molecule has 5 aromatic rings. The van der Waals surface area contributed by atoms with E-state index in [9.17, 15) is 9.59 Å². The number of imidazole rings is 1. The Morgan fingerprint density at radius 2 is 1.93 bits per heavy atom. The molecule has 0 bridgehead atoms. The molecule has 1 atom stereocenters. The van der Waals surface area contributed by atoms with E-state index in [0.717, 1.165) is 22.5 Å². The summed E-state index contributed by atoms with van der Waals surface area (Å²) >= 11 is 0. The van der Waals surface area contributed by atoms with Crippen molar-refractivity contribution in [1.29, 1.82) is 0 Å². The number of nitrogens with zero attached hydrogens (tertiary/aromatic N) is 8. The van der Waals surface area contributed by atoms with E-state index < -0.39 is 0 Å². The molecule has 1 aromatic carbocycles. The summed E-state index contributed by atoms with van der Waals surface area (Å²) in [6, 6.07) is 8.89. The van der Waals surface area contributed by atoms with Gasteiger partial charge in [-0.2, -0.15) is 5.10 Å². The molecule has 0 saturated carbocycles. The van der Waals surface area contributed by atoms with Crippen LogP contribution in [0.25, 0.3) is 22.8 Å². The third-order valence-corrected chi connectivity index (χ3v) is 7.48. The van der Waals surface area contributed by atoms with Crippen molar-refractivity contribution in [2.24, 2.45) is 7.05 Å². The minimum absolute atomic E-state index is 0.131. The zero-order chi connectivity index (χ0) is 28.3. The van der Waals surface area contributed by atoms with Crippen LogP contribution in [0.15, 0.2) is 47.7 Å². The Morgan fingerprint density at radius 1 is 1.12 bits per heavy atom. The number of carbonyl (C=O) groups excluding carboxylic acids is 1. The lowest BCUT2D eigenvalue weighted by molar-refractivity contribution is 0.0653. The summed E-state index contributed by atoms with van der Waals surface area (Å²) in [5.74, 6) is 2.84. The van der Waals surface area contributed by atoms with Crippen LogP contribution in [0.1, 0.15) is 51.1 Å². The molecular weight excluding hydrogens is 504 g/mol. The Hall–Kier alpha value is -5.04. The zero-order valence-corrected chi connectivity index (χ0v) is 23.0. The van der Waals surface area contributed by atoms with Gasteiger partial charge in [0.1, 0.15) is 5.52 Å². The average Bonchev–Trinajstić information content (AvgIpc) is 3.48. The molecule has 1 aliphatic rings. The summed E-state index contributed by atoms with van der Waals surface area (Å²) in [4.78, 5) is 43.5. The standard InChI is InChI=1S/C30H28N8O2/c1-7-21-8-9-22(10-17(21)2)28(39)36-15-26-24(12-19(36)4)29(40)37(30(33-26)38-20(5)11-18(3)34-38)23-13-25-27(31-14-23)35(6)16-32-25/h1,8-11,13-14,16,19H,12,15H2,2-6H3/t19-/m1/s1. The number of fused-ring (bicyclic) bond motifs is 2. The van der Waals surface area contributed by atoms with Gasteiger partial charge < -0.3 is 9.47 Å². The van der Waals surface area contributed by atoms with Gasteiger partial charge in [-0.3, -0.25) is 9.59 Å². The predicted molar refractivity (Wildman–Crippen MR) is 151 cm³/mol. The van der Waals surface area contributed by atoms with Gasteiger partial charge in [-0.05, 0) is 70.0 Å². The molecule has 0 unspecified atom stereocenters. The lowest BCUT2D eigenvalue weighted by Crippen LogP contribution is -2.46. The molecular formula is C30H28N8O2. The number of rotatable bonds is 3. The molecule has 0 fully saturated rings. The van der Waals surface area contributed by atoms with Gasteiger partial charge >= 0.3 is 0 Å². The molecule has 4 aromatic heterocycles. The molecule has 0 N–H and O–H groups in total. The van der Waals surface area contributed by atoms with Crippen molar-refractivity contribution in [2.45, 2.75) is 46.7 Å². The Bertz CT molecular complexity index is 1940. The summed E-state index contributed by atoms with van der Waals surface area (Å²) in [6.45, 7) is 7.84. The van der Waals surface area contributed by atoms with Gasteiger partial charge in [-0.15, -0.1) is 6.42 Å². The summed E-state index contributed by atoms with van der Waals surface area (Å²) in [5.41, 5.74) is 6.63. The number of carbonyl (C=O) groups is 1. The molecule has 0 aliphatic carbocycles. The van der Waals surface area contributed by atoms with E-state index in [-0.39, 0.29) is 24.1 Å². The average molecular weight is 533 g/mol. The zero-order valence-electron chi connectivity index (χ0n) is 23.0. The fourth-order valence-electron chi connectivity index (χ4n) is 5.38. The fourth-order valence-corrected chi connectivity index (χ4v) is 5.38. The van der Waals surface area contributed by atoms with E-state index in [1.165, 1.54) is 0 Å². The van der Waals surface area contributed by atoms with Gasteiger partial charge in [0.15, 0.2) is 5.65 Å². The highest BCUT2D eigenvalue weighted by molar-refractivity contribution is 5.95. The lowest BCUT2D eigenvalue weighted by Gasteiger charge is -2.34. The van der Waals surface area contributed by atoms with Crippen molar-refractivity contribution in [3.63, 3.8) is 0 Å². The predicted octanol–water partition coefficient (Wildman–Crippen LogP) is 3.19. The van der Waals surface area contributed by atoms with Crippen molar-refractivity contribution in [3.05, 3.63) is 92.5 Å². The SMILES string of the molecule is C#Cc1ccc(C(=O)N2Cc3nc(-n4nc(C)cc4C)n(-c4cnc5c(c4)ncn5C)c(=O)c3C[C@H]2C)cc1C. The van der Waals surface area contributed by atoms with Crippen molar-refractivity contribution in [1.82, 2.24) is 38.8 Å². The summed E-state index contributed by atoms with van der Waals surface area (Å²) in [7, 11) is 1.87. The highest BCUT2D eigenvalue weighted by atomic mass is 16.2. The Morgan fingerprint density at radius 3 is 2.62 bits per heavy atom. The van der Waals surface area contributed by atoms with Crippen LogP contribution >= 0.6 is 0 Å². The number of aromatic nitrogens is 7. The first-order valence-electron chi connectivity index (χ1n) is 13.0. The van der Waals surface area contributed by atoms with Crippen molar-refractivity contribution in [3.8, 4) is 24.0 Å². The molecule has 6 rings (SSSR count). The highest BCUT2D eigenvalue weighted by Crippen LogP contribution is 2.26. The van der Waals surface area contributed by atoms with Crippen LogP contribution in [-0.4, -0.2) is 50.7 Å². The Kier molecular flexibility index (Phi) is 5.88. The van der Waals surface area contributed by atoms with E-state index in [4.69, 9.17) is 11.4 Å². The minimum atomic E-state index is -0.216. The molecule has 0 spiro atoms. The number of benzene rings is 1. The number of amides is 1. The maximum Gasteiger partial charge on any atom is 0.263 e. The van der Waals surface area contributed by atoms with Gasteiger partial charge in [0, 0.05) is 35.5 Å². The van der Waals surface area contributed by atoms with Crippen molar-refractivity contribution in [2.75, 3.05) is 0 Å². The monoisotopic (exact) mass is 532 g/mol. The van der Waals surface area contributed by atoms with E-state index in [1.807, 2.05) is 57.5 Å². The van der Waals surface area contributed by atoms with Gasteiger partial charge in [-0.25, -0.2) is 24.2 Å². The summed E-state index contributed by atoms with van der Waals surface area (Å²) in [6.07, 6.45) is 9.27. The van der Waals surface area contributed by atoms with Gasteiger partial charge in [-0.1, -0.05) is 5.92 Å². The maximum absolute atomic E-state index is 14.2. The quantitative estimate of drug-likeness (QED) is 0.331. The normalized spacial score (nSPS) is 14.8. The first kappa shape index (κ1) is 25.2. The number of aryl methyl sites for hydroxylation is 4. The van der Waals surface area contributed by atoms with Gasteiger partial charge in [0.25, 0.3) is 11.5 Å². The Labute approximate surface area is 230 Å².